The largest absolute Gasteiger partial charge is 0.465 e. The summed E-state index contributed by atoms with van der Waals surface area (Å²) in [6.07, 6.45) is 0. The van der Waals surface area contributed by atoms with Crippen molar-refractivity contribution in [1.82, 2.24) is 4.98 Å². The van der Waals surface area contributed by atoms with E-state index in [9.17, 15) is 14.9 Å². The van der Waals surface area contributed by atoms with Crippen LogP contribution in [0.3, 0.4) is 0 Å². The van der Waals surface area contributed by atoms with Crippen molar-refractivity contribution in [2.45, 2.75) is 0 Å². The summed E-state index contributed by atoms with van der Waals surface area (Å²) in [5, 5.41) is 11.5. The molecular weight excluding hydrogens is 284 g/mol. The van der Waals surface area contributed by atoms with Gasteiger partial charge in [0.25, 0.3) is 5.69 Å². The number of esters is 1. The summed E-state index contributed by atoms with van der Waals surface area (Å²) >= 11 is 0. The molecule has 0 amide bonds. The number of aromatic nitrogens is 1. The van der Waals surface area contributed by atoms with Gasteiger partial charge in [0.1, 0.15) is 0 Å². The second-order valence-electron chi connectivity index (χ2n) is 4.72. The van der Waals surface area contributed by atoms with E-state index in [1.54, 1.807) is 6.07 Å². The van der Waals surface area contributed by atoms with E-state index in [0.29, 0.717) is 22.2 Å². The number of benzene rings is 2. The molecule has 0 unspecified atom stereocenters. The number of methoxy groups -OCH3 is 1. The first-order chi connectivity index (χ1) is 10.6. The minimum Gasteiger partial charge on any atom is -0.465 e. The van der Waals surface area contributed by atoms with Crippen molar-refractivity contribution in [3.8, 4) is 11.3 Å². The van der Waals surface area contributed by atoms with Crippen LogP contribution in [0.4, 0.5) is 5.69 Å². The first-order valence-electron chi connectivity index (χ1n) is 6.55. The van der Waals surface area contributed by atoms with Gasteiger partial charge in [-0.25, -0.2) is 4.79 Å². The second kappa shape index (κ2) is 5.33. The average molecular weight is 296 g/mol. The van der Waals surface area contributed by atoms with E-state index in [1.165, 1.54) is 19.2 Å². The fourth-order valence-electron chi connectivity index (χ4n) is 2.43. The van der Waals surface area contributed by atoms with Crippen molar-refractivity contribution in [3.05, 3.63) is 64.2 Å². The van der Waals surface area contributed by atoms with Crippen LogP contribution in [-0.4, -0.2) is 23.0 Å². The lowest BCUT2D eigenvalue weighted by molar-refractivity contribution is -0.384. The van der Waals surface area contributed by atoms with Crippen LogP contribution in [0.5, 0.6) is 0 Å². The fourth-order valence-corrected chi connectivity index (χ4v) is 2.43. The summed E-state index contributed by atoms with van der Waals surface area (Å²) in [5.74, 6) is -0.487. The molecule has 0 saturated carbocycles. The molecule has 0 bridgehead atoms. The molecule has 0 spiro atoms. The van der Waals surface area contributed by atoms with E-state index in [0.717, 1.165) is 5.56 Å². The number of H-pyrrole nitrogens is 1. The molecule has 0 radical (unpaired) electrons. The lowest BCUT2D eigenvalue weighted by Gasteiger charge is -2.03. The molecule has 3 rings (SSSR count). The van der Waals surface area contributed by atoms with Gasteiger partial charge in [-0.05, 0) is 11.6 Å². The number of carbonyl (C=O) groups is 1. The second-order valence-corrected chi connectivity index (χ2v) is 4.72. The van der Waals surface area contributed by atoms with Gasteiger partial charge < -0.3 is 9.72 Å². The number of non-ortho nitro benzene ring substituents is 1. The van der Waals surface area contributed by atoms with Crippen molar-refractivity contribution in [2.24, 2.45) is 0 Å². The SMILES string of the molecule is COC(=O)c1c(-c2ccccc2)[nH]c2cc([N+](=O)[O-])ccc12. The average Bonchev–Trinajstić information content (AvgIpc) is 2.93. The molecule has 6 nitrogen and oxygen atoms in total. The Morgan fingerprint density at radius 1 is 1.18 bits per heavy atom. The Bertz CT molecular complexity index is 868. The van der Waals surface area contributed by atoms with Gasteiger partial charge >= 0.3 is 5.97 Å². The van der Waals surface area contributed by atoms with Crippen molar-refractivity contribution >= 4 is 22.6 Å². The van der Waals surface area contributed by atoms with E-state index >= 15 is 0 Å². The quantitative estimate of drug-likeness (QED) is 0.455. The van der Waals surface area contributed by atoms with Gasteiger partial charge in [0.05, 0.1) is 28.8 Å². The summed E-state index contributed by atoms with van der Waals surface area (Å²) in [7, 11) is 1.31. The summed E-state index contributed by atoms with van der Waals surface area (Å²) in [6.45, 7) is 0. The molecule has 0 atom stereocenters. The molecule has 0 aliphatic heterocycles. The van der Waals surface area contributed by atoms with Gasteiger partial charge in [0, 0.05) is 17.5 Å². The van der Waals surface area contributed by atoms with Crippen LogP contribution >= 0.6 is 0 Å². The molecule has 0 aliphatic rings. The molecule has 2 aromatic carbocycles. The van der Waals surface area contributed by atoms with E-state index in [4.69, 9.17) is 4.74 Å². The number of ether oxygens (including phenoxy) is 1. The minimum absolute atomic E-state index is 0.0372. The Hall–Kier alpha value is -3.15. The molecule has 1 aromatic heterocycles. The number of rotatable bonds is 3. The molecule has 22 heavy (non-hydrogen) atoms. The van der Waals surface area contributed by atoms with E-state index in [1.807, 2.05) is 30.3 Å². The van der Waals surface area contributed by atoms with Crippen LogP contribution in [0.1, 0.15) is 10.4 Å². The predicted molar refractivity (Wildman–Crippen MR) is 81.7 cm³/mol. The summed E-state index contributed by atoms with van der Waals surface area (Å²) < 4.78 is 4.85. The Morgan fingerprint density at radius 3 is 2.55 bits per heavy atom. The van der Waals surface area contributed by atoms with E-state index in [-0.39, 0.29) is 5.69 Å². The fraction of sp³-hybridized carbons (Fsp3) is 0.0625. The number of hydrogen-bond donors (Lipinski definition) is 1. The normalized spacial score (nSPS) is 10.6. The summed E-state index contributed by atoms with van der Waals surface area (Å²) in [6, 6.07) is 13.6. The smallest absolute Gasteiger partial charge is 0.340 e. The molecule has 1 N–H and O–H groups in total. The number of nitro benzene ring substituents is 1. The van der Waals surface area contributed by atoms with Gasteiger partial charge in [0.2, 0.25) is 0 Å². The number of nitrogens with zero attached hydrogens (tertiary/aromatic N) is 1. The zero-order valence-corrected chi connectivity index (χ0v) is 11.7. The van der Waals surface area contributed by atoms with Crippen molar-refractivity contribution < 1.29 is 14.5 Å². The highest BCUT2D eigenvalue weighted by Gasteiger charge is 2.21. The molecule has 1 heterocycles. The number of carbonyl (C=O) groups excluding carboxylic acids is 1. The molecule has 3 aromatic rings. The molecule has 0 aliphatic carbocycles. The standard InChI is InChI=1S/C16H12N2O4/c1-22-16(19)14-12-8-7-11(18(20)21)9-13(12)17-15(14)10-5-3-2-4-6-10/h2-9,17H,1H3. The third-order valence-corrected chi connectivity index (χ3v) is 3.44. The molecule has 0 saturated heterocycles. The monoisotopic (exact) mass is 296 g/mol. The van der Waals surface area contributed by atoms with Crippen molar-refractivity contribution in [3.63, 3.8) is 0 Å². The van der Waals surface area contributed by atoms with Crippen LogP contribution in [-0.2, 0) is 4.74 Å². The summed E-state index contributed by atoms with van der Waals surface area (Å²) in [4.78, 5) is 25.6. The Kier molecular flexibility index (Phi) is 3.34. The van der Waals surface area contributed by atoms with Gasteiger partial charge in [-0.3, -0.25) is 10.1 Å². The van der Waals surface area contributed by atoms with Crippen LogP contribution in [0.2, 0.25) is 0 Å². The van der Waals surface area contributed by atoms with Gasteiger partial charge in [0.15, 0.2) is 0 Å². The van der Waals surface area contributed by atoms with Crippen LogP contribution in [0.15, 0.2) is 48.5 Å². The predicted octanol–water partition coefficient (Wildman–Crippen LogP) is 3.53. The molecule has 0 fully saturated rings. The first-order valence-corrected chi connectivity index (χ1v) is 6.55. The maximum absolute atomic E-state index is 12.1. The third-order valence-electron chi connectivity index (χ3n) is 3.44. The lowest BCUT2D eigenvalue weighted by Crippen LogP contribution is -2.02. The van der Waals surface area contributed by atoms with Gasteiger partial charge in [-0.15, -0.1) is 0 Å². The highest BCUT2D eigenvalue weighted by Crippen LogP contribution is 2.32. The zero-order valence-electron chi connectivity index (χ0n) is 11.7. The van der Waals surface area contributed by atoms with Crippen molar-refractivity contribution in [2.75, 3.05) is 7.11 Å². The van der Waals surface area contributed by atoms with Gasteiger partial charge in [-0.1, -0.05) is 30.3 Å². The lowest BCUT2D eigenvalue weighted by atomic mass is 10.1. The molecular formula is C16H12N2O4. The van der Waals surface area contributed by atoms with E-state index in [2.05, 4.69) is 4.98 Å². The van der Waals surface area contributed by atoms with Crippen LogP contribution < -0.4 is 0 Å². The van der Waals surface area contributed by atoms with E-state index < -0.39 is 10.9 Å². The van der Waals surface area contributed by atoms with Crippen molar-refractivity contribution in [1.29, 1.82) is 0 Å². The Morgan fingerprint density at radius 2 is 1.91 bits per heavy atom. The Balaban J connectivity index is 2.30. The number of nitrogens with one attached hydrogen (secondary N) is 1. The minimum atomic E-state index is -0.487. The summed E-state index contributed by atoms with van der Waals surface area (Å²) in [5.41, 5.74) is 2.25. The Labute approximate surface area is 125 Å². The topological polar surface area (TPSA) is 85.2 Å². The number of nitro groups is 1. The molecule has 6 heteroatoms. The zero-order chi connectivity index (χ0) is 15.7. The highest BCUT2D eigenvalue weighted by atomic mass is 16.6. The van der Waals surface area contributed by atoms with Crippen LogP contribution in [0, 0.1) is 10.1 Å². The molecule has 110 valence electrons. The number of hydrogen-bond acceptors (Lipinski definition) is 4. The van der Waals surface area contributed by atoms with Crippen LogP contribution in [0.25, 0.3) is 22.2 Å². The number of fused-ring (bicyclic) bond motifs is 1. The third kappa shape index (κ3) is 2.20. The highest BCUT2D eigenvalue weighted by molar-refractivity contribution is 6.10. The maximum atomic E-state index is 12.1. The van der Waals surface area contributed by atoms with Gasteiger partial charge in [-0.2, -0.15) is 0 Å². The maximum Gasteiger partial charge on any atom is 0.340 e. The number of aromatic amines is 1. The first kappa shape index (κ1) is 13.8.